The normalized spacial score (nSPS) is 25.5. The summed E-state index contributed by atoms with van der Waals surface area (Å²) in [7, 11) is 0. The molecule has 12 nitrogen and oxygen atoms in total. The Morgan fingerprint density at radius 2 is 1.74 bits per heavy atom. The second-order valence-electron chi connectivity index (χ2n) is 15.1. The van der Waals surface area contributed by atoms with Gasteiger partial charge in [-0.05, 0) is 101 Å². The van der Waals surface area contributed by atoms with Crippen LogP contribution in [0, 0.1) is 11.8 Å². The van der Waals surface area contributed by atoms with Gasteiger partial charge in [-0.15, -0.1) is 0 Å². The third kappa shape index (κ3) is 7.24. The molecule has 12 heteroatoms. The van der Waals surface area contributed by atoms with Gasteiger partial charge in [-0.3, -0.25) is 15.5 Å². The number of phenolic OH excluding ortho intramolecular Hbond substituents is 1. The Hall–Kier alpha value is -4.00. The van der Waals surface area contributed by atoms with Crippen molar-refractivity contribution in [2.75, 3.05) is 50.7 Å². The maximum absolute atomic E-state index is 10.3. The van der Waals surface area contributed by atoms with Crippen molar-refractivity contribution < 1.29 is 14.4 Å². The molecular formula is C38H53N9O3. The average molecular weight is 684 g/mol. The fourth-order valence-corrected chi connectivity index (χ4v) is 8.75. The molecule has 268 valence electrons. The second-order valence-corrected chi connectivity index (χ2v) is 15.1. The Balaban J connectivity index is 0.744. The number of allylic oxidation sites excluding steroid dienone is 2. The Morgan fingerprint density at radius 1 is 0.960 bits per heavy atom. The summed E-state index contributed by atoms with van der Waals surface area (Å²) in [5, 5.41) is 19.2. The van der Waals surface area contributed by atoms with Gasteiger partial charge in [0.1, 0.15) is 17.8 Å². The summed E-state index contributed by atoms with van der Waals surface area (Å²) in [4.78, 5) is 7.74. The minimum atomic E-state index is 0.216. The molecular weight excluding hydrogens is 630 g/mol. The molecule has 0 amide bonds. The van der Waals surface area contributed by atoms with Crippen molar-refractivity contribution in [1.29, 1.82) is 0 Å². The van der Waals surface area contributed by atoms with Crippen molar-refractivity contribution in [3.8, 4) is 5.75 Å². The molecule has 5 aliphatic rings. The van der Waals surface area contributed by atoms with Crippen LogP contribution in [-0.4, -0.2) is 93.9 Å². The lowest BCUT2D eigenvalue weighted by atomic mass is 9.83. The Morgan fingerprint density at radius 3 is 2.48 bits per heavy atom. The van der Waals surface area contributed by atoms with Crippen LogP contribution in [0.15, 0.2) is 65.4 Å². The van der Waals surface area contributed by atoms with Crippen molar-refractivity contribution >= 4 is 17.1 Å². The van der Waals surface area contributed by atoms with Crippen molar-refractivity contribution in [3.05, 3.63) is 72.0 Å². The quantitative estimate of drug-likeness (QED) is 0.240. The summed E-state index contributed by atoms with van der Waals surface area (Å²) in [6, 6.07) is 10.2. The van der Waals surface area contributed by atoms with Gasteiger partial charge in [0.05, 0.1) is 30.1 Å². The summed E-state index contributed by atoms with van der Waals surface area (Å²) < 4.78 is 13.8. The number of aromatic hydroxyl groups is 1. The number of piperidine rings is 3. The number of hydrogen-bond acceptors (Lipinski definition) is 11. The number of hydrogen-bond donors (Lipinski definition) is 4. The molecule has 0 unspecified atom stereocenters. The number of anilines is 1. The zero-order valence-electron chi connectivity index (χ0n) is 29.3. The zero-order valence-corrected chi connectivity index (χ0v) is 29.3. The van der Waals surface area contributed by atoms with Gasteiger partial charge in [-0.1, -0.05) is 17.3 Å². The number of para-hydroxylation sites is 1. The van der Waals surface area contributed by atoms with E-state index in [1.54, 1.807) is 12.3 Å². The standard InChI is InChI=1S/C38H53N9O3/c1-26(47-25-29(23-40-47)34-22-35(41-42-38(34)39)33-4-2-3-5-36(33)48)28-8-17-45(18-9-28)30-20-32(21-30)50-31-10-13-44(14-11-31)24-27-6-15-46(16-7-27)37-12-19-49-43-37/h2-5,12,19,22-23,25-28,30-32,41-42,48H,6-11,13-18,20-21,24,39H2,1H3/t26-,30?,32?/m1/s1. The van der Waals surface area contributed by atoms with E-state index in [1.807, 2.05) is 36.5 Å². The van der Waals surface area contributed by atoms with Crippen LogP contribution >= 0.6 is 0 Å². The molecule has 3 aromatic rings. The first kappa shape index (κ1) is 33.2. The van der Waals surface area contributed by atoms with Crippen LogP contribution in [0.1, 0.15) is 75.5 Å². The van der Waals surface area contributed by atoms with Crippen LogP contribution in [0.3, 0.4) is 0 Å². The summed E-state index contributed by atoms with van der Waals surface area (Å²) >= 11 is 0. The van der Waals surface area contributed by atoms with Crippen molar-refractivity contribution in [2.24, 2.45) is 17.6 Å². The number of rotatable bonds is 10. The highest BCUT2D eigenvalue weighted by Gasteiger charge is 2.38. The van der Waals surface area contributed by atoms with Crippen molar-refractivity contribution in [1.82, 2.24) is 35.6 Å². The number of likely N-dealkylation sites (tertiary alicyclic amines) is 2. The lowest BCUT2D eigenvalue weighted by Gasteiger charge is -2.47. The topological polar surface area (TPSA) is 133 Å². The number of benzene rings is 1. The van der Waals surface area contributed by atoms with Gasteiger partial charge in [0.2, 0.25) is 0 Å². The molecule has 1 atom stereocenters. The average Bonchev–Trinajstić information content (AvgIpc) is 3.85. The monoisotopic (exact) mass is 683 g/mol. The molecule has 1 aromatic carbocycles. The number of nitrogens with one attached hydrogen (secondary N) is 2. The molecule has 1 saturated carbocycles. The molecule has 3 saturated heterocycles. The van der Waals surface area contributed by atoms with E-state index < -0.39 is 0 Å². The Labute approximate surface area is 295 Å². The van der Waals surface area contributed by atoms with Gasteiger partial charge < -0.3 is 34.8 Å². The maximum atomic E-state index is 10.3. The van der Waals surface area contributed by atoms with Crippen LogP contribution in [0.5, 0.6) is 5.75 Å². The molecule has 0 radical (unpaired) electrons. The first-order valence-electron chi connectivity index (χ1n) is 18.8. The van der Waals surface area contributed by atoms with Crippen LogP contribution in [0.2, 0.25) is 0 Å². The number of hydrazine groups is 1. The molecule has 0 spiro atoms. The maximum Gasteiger partial charge on any atom is 0.171 e. The second kappa shape index (κ2) is 14.7. The minimum absolute atomic E-state index is 0.216. The lowest BCUT2D eigenvalue weighted by molar-refractivity contribution is -0.108. The molecule has 50 heavy (non-hydrogen) atoms. The van der Waals surface area contributed by atoms with Crippen LogP contribution < -0.4 is 21.5 Å². The molecule has 2 aromatic heterocycles. The van der Waals surface area contributed by atoms with E-state index >= 15 is 0 Å². The predicted octanol–water partition coefficient (Wildman–Crippen LogP) is 4.55. The Kier molecular flexibility index (Phi) is 9.75. The van der Waals surface area contributed by atoms with E-state index in [1.165, 1.54) is 71.0 Å². The van der Waals surface area contributed by atoms with Crippen LogP contribution in [0.25, 0.3) is 11.3 Å². The molecule has 4 fully saturated rings. The van der Waals surface area contributed by atoms with E-state index in [0.717, 1.165) is 54.7 Å². The fraction of sp³-hybridized carbons (Fsp3) is 0.579. The largest absolute Gasteiger partial charge is 0.507 e. The molecule has 4 aliphatic heterocycles. The third-order valence-corrected chi connectivity index (χ3v) is 12.1. The highest BCUT2D eigenvalue weighted by atomic mass is 16.5. The highest BCUT2D eigenvalue weighted by molar-refractivity contribution is 5.86. The SMILES string of the molecule is C[C@H](C1CCN(C2CC(OC3CCN(CC4CCN(c5ccon5)CC4)CC3)C2)CC1)n1cc(C2=C(N)NNC(c3ccccc3O)=C2)cn1. The van der Waals surface area contributed by atoms with E-state index in [4.69, 9.17) is 20.1 Å². The van der Waals surface area contributed by atoms with Gasteiger partial charge in [0.15, 0.2) is 5.82 Å². The fourth-order valence-electron chi connectivity index (χ4n) is 8.75. The smallest absolute Gasteiger partial charge is 0.171 e. The molecule has 8 rings (SSSR count). The third-order valence-electron chi connectivity index (χ3n) is 12.1. The summed E-state index contributed by atoms with van der Waals surface area (Å²) in [5.41, 5.74) is 15.8. The highest BCUT2D eigenvalue weighted by Crippen LogP contribution is 2.37. The van der Waals surface area contributed by atoms with Gasteiger partial charge in [-0.25, -0.2) is 0 Å². The van der Waals surface area contributed by atoms with Gasteiger partial charge >= 0.3 is 0 Å². The molecule has 5 N–H and O–H groups in total. The summed E-state index contributed by atoms with van der Waals surface area (Å²) in [5.74, 6) is 3.10. The van der Waals surface area contributed by atoms with Gasteiger partial charge in [0.25, 0.3) is 0 Å². The summed E-state index contributed by atoms with van der Waals surface area (Å²) in [6.45, 7) is 10.3. The zero-order chi connectivity index (χ0) is 34.0. The van der Waals surface area contributed by atoms with Crippen molar-refractivity contribution in [2.45, 2.75) is 82.6 Å². The van der Waals surface area contributed by atoms with E-state index in [0.29, 0.717) is 41.6 Å². The van der Waals surface area contributed by atoms with Gasteiger partial charge in [0, 0.05) is 67.7 Å². The minimum Gasteiger partial charge on any atom is -0.507 e. The van der Waals surface area contributed by atoms with E-state index in [-0.39, 0.29) is 5.75 Å². The number of aromatic nitrogens is 3. The number of phenols is 1. The van der Waals surface area contributed by atoms with Gasteiger partial charge in [-0.2, -0.15) is 5.10 Å². The number of ether oxygens (including phenoxy) is 1. The molecule has 0 bridgehead atoms. The number of nitrogens with zero attached hydrogens (tertiary/aromatic N) is 6. The first-order valence-corrected chi connectivity index (χ1v) is 18.8. The van der Waals surface area contributed by atoms with Crippen LogP contribution in [0.4, 0.5) is 5.82 Å². The summed E-state index contributed by atoms with van der Waals surface area (Å²) in [6.07, 6.45) is 18.0. The van der Waals surface area contributed by atoms with Crippen LogP contribution in [-0.2, 0) is 4.74 Å². The van der Waals surface area contributed by atoms with Crippen molar-refractivity contribution in [3.63, 3.8) is 0 Å². The molecule has 6 heterocycles. The first-order chi connectivity index (χ1) is 24.5. The lowest BCUT2D eigenvalue weighted by Crippen LogP contribution is -2.52. The predicted molar refractivity (Wildman–Crippen MR) is 193 cm³/mol. The Bertz CT molecular complexity index is 1620. The molecule has 1 aliphatic carbocycles. The van der Waals surface area contributed by atoms with E-state index in [2.05, 4.69) is 48.5 Å². The number of nitrogens with two attached hydrogens (primary N) is 1. The van der Waals surface area contributed by atoms with E-state index in [9.17, 15) is 5.11 Å².